The molecule has 0 spiro atoms. The average Bonchev–Trinajstić information content (AvgIpc) is 3.09. The molecule has 5 rings (SSSR count). The van der Waals surface area contributed by atoms with Gasteiger partial charge in [-0.1, -0.05) is 78.9 Å². The lowest BCUT2D eigenvalue weighted by atomic mass is 9.98. The van der Waals surface area contributed by atoms with Crippen LogP contribution in [0.3, 0.4) is 0 Å². The fraction of sp³-hybridized carbons (Fsp3) is 0. The minimum atomic E-state index is 0.930. The Morgan fingerprint density at radius 1 is 0.615 bits per heavy atom. The van der Waals surface area contributed by atoms with Gasteiger partial charge >= 0.3 is 0 Å². The molecule has 1 nitrogen and oxygen atoms in total. The summed E-state index contributed by atoms with van der Waals surface area (Å²) in [5.41, 5.74) is 6.60. The molecule has 26 heavy (non-hydrogen) atoms. The molecule has 0 aliphatic rings. The van der Waals surface area contributed by atoms with Crippen LogP contribution < -0.4 is 5.30 Å². The van der Waals surface area contributed by atoms with Crippen LogP contribution in [0.15, 0.2) is 95.4 Å². The van der Waals surface area contributed by atoms with E-state index in [1.54, 1.807) is 0 Å². The zero-order chi connectivity index (χ0) is 17.5. The molecule has 1 heterocycles. The second-order valence-corrected chi connectivity index (χ2v) is 7.07. The maximum absolute atomic E-state index is 6.25. The van der Waals surface area contributed by atoms with Crippen molar-refractivity contribution in [2.75, 3.05) is 0 Å². The van der Waals surface area contributed by atoms with Crippen molar-refractivity contribution >= 4 is 36.5 Å². The largest absolute Gasteiger partial charge is 0.455 e. The maximum atomic E-state index is 6.25. The number of furan rings is 1. The predicted molar refractivity (Wildman–Crippen MR) is 114 cm³/mol. The van der Waals surface area contributed by atoms with Gasteiger partial charge in [0.15, 0.2) is 0 Å². The highest BCUT2D eigenvalue weighted by Gasteiger charge is 2.13. The van der Waals surface area contributed by atoms with E-state index in [1.165, 1.54) is 22.1 Å². The Morgan fingerprint density at radius 2 is 1.35 bits per heavy atom. The summed E-state index contributed by atoms with van der Waals surface area (Å²) < 4.78 is 6.25. The summed E-state index contributed by atoms with van der Waals surface area (Å²) in [6, 6.07) is 31.7. The first-order valence-corrected chi connectivity index (χ1v) is 9.24. The van der Waals surface area contributed by atoms with E-state index in [2.05, 4.69) is 82.0 Å². The van der Waals surface area contributed by atoms with Crippen molar-refractivity contribution in [3.63, 3.8) is 0 Å². The molecule has 1 unspecified atom stereocenters. The van der Waals surface area contributed by atoms with E-state index in [4.69, 9.17) is 4.42 Å². The summed E-state index contributed by atoms with van der Waals surface area (Å²) in [6.07, 6.45) is 0. The minimum Gasteiger partial charge on any atom is -0.455 e. The molecule has 0 amide bonds. The molecule has 124 valence electrons. The maximum Gasteiger partial charge on any atom is 0.143 e. The van der Waals surface area contributed by atoms with Crippen molar-refractivity contribution < 1.29 is 4.42 Å². The fourth-order valence-corrected chi connectivity index (χ4v) is 4.01. The molecule has 1 aromatic heterocycles. The predicted octanol–water partition coefficient (Wildman–Crippen LogP) is 6.42. The van der Waals surface area contributed by atoms with E-state index in [-0.39, 0.29) is 0 Å². The van der Waals surface area contributed by atoms with Crippen molar-refractivity contribution in [2.45, 2.75) is 0 Å². The van der Waals surface area contributed by atoms with Crippen LogP contribution in [-0.4, -0.2) is 0 Å². The van der Waals surface area contributed by atoms with E-state index in [0.717, 1.165) is 27.4 Å². The summed E-state index contributed by atoms with van der Waals surface area (Å²) >= 11 is 0. The van der Waals surface area contributed by atoms with E-state index in [9.17, 15) is 0 Å². The highest BCUT2D eigenvalue weighted by Crippen LogP contribution is 2.36. The number of rotatable bonds is 2. The molecular formula is C24H17OP. The van der Waals surface area contributed by atoms with Crippen LogP contribution in [0.2, 0.25) is 0 Å². The van der Waals surface area contributed by atoms with Gasteiger partial charge in [0, 0.05) is 16.3 Å². The van der Waals surface area contributed by atoms with Crippen LogP contribution in [0.5, 0.6) is 0 Å². The van der Waals surface area contributed by atoms with Crippen molar-refractivity contribution in [3.8, 4) is 22.3 Å². The van der Waals surface area contributed by atoms with Crippen LogP contribution in [-0.2, 0) is 0 Å². The SMILES string of the molecule is Pc1cccc2oc3c(-c4cccc(-c5ccccc5)c4)cccc3c12. The van der Waals surface area contributed by atoms with Crippen LogP contribution in [0.25, 0.3) is 44.2 Å². The second kappa shape index (κ2) is 6.12. The average molecular weight is 352 g/mol. The summed E-state index contributed by atoms with van der Waals surface area (Å²) in [7, 11) is 2.82. The van der Waals surface area contributed by atoms with Gasteiger partial charge in [-0.3, -0.25) is 0 Å². The summed E-state index contributed by atoms with van der Waals surface area (Å²) in [4.78, 5) is 0. The molecule has 4 aromatic carbocycles. The Balaban J connectivity index is 1.75. The van der Waals surface area contributed by atoms with Gasteiger partial charge in [0.05, 0.1) is 0 Å². The van der Waals surface area contributed by atoms with Crippen LogP contribution >= 0.6 is 9.24 Å². The smallest absolute Gasteiger partial charge is 0.143 e. The van der Waals surface area contributed by atoms with Gasteiger partial charge in [0.2, 0.25) is 0 Å². The minimum absolute atomic E-state index is 0.930. The van der Waals surface area contributed by atoms with E-state index >= 15 is 0 Å². The first-order chi connectivity index (χ1) is 12.8. The summed E-state index contributed by atoms with van der Waals surface area (Å²) in [5.74, 6) is 0. The van der Waals surface area contributed by atoms with E-state index in [1.807, 2.05) is 18.2 Å². The molecule has 0 aliphatic heterocycles. The number of benzene rings is 4. The highest BCUT2D eigenvalue weighted by atomic mass is 31.0. The molecular weight excluding hydrogens is 335 g/mol. The molecule has 0 N–H and O–H groups in total. The Morgan fingerprint density at radius 3 is 2.23 bits per heavy atom. The van der Waals surface area contributed by atoms with Crippen molar-refractivity contribution in [2.24, 2.45) is 0 Å². The highest BCUT2D eigenvalue weighted by molar-refractivity contribution is 7.28. The Hall–Kier alpha value is -2.89. The standard InChI is InChI=1S/C24H17OP/c26-22-14-6-13-21-23(22)20-12-5-11-19(24(20)25-21)18-10-4-9-17(15-18)16-7-2-1-3-8-16/h1-15H,26H2. The molecule has 0 saturated heterocycles. The Kier molecular flexibility index (Phi) is 3.62. The number of fused-ring (bicyclic) bond motifs is 3. The first-order valence-electron chi connectivity index (χ1n) is 8.67. The summed E-state index contributed by atoms with van der Waals surface area (Å²) in [6.45, 7) is 0. The first kappa shape index (κ1) is 15.4. The monoisotopic (exact) mass is 352 g/mol. The molecule has 0 saturated carbocycles. The summed E-state index contributed by atoms with van der Waals surface area (Å²) in [5, 5.41) is 3.50. The van der Waals surface area contributed by atoms with Gasteiger partial charge in [-0.15, -0.1) is 9.24 Å². The quantitative estimate of drug-likeness (QED) is 0.334. The molecule has 0 fully saturated rings. The van der Waals surface area contributed by atoms with Crippen molar-refractivity contribution in [3.05, 3.63) is 91.0 Å². The molecule has 2 heteroatoms. The lowest BCUT2D eigenvalue weighted by Crippen LogP contribution is -1.89. The fourth-order valence-electron chi connectivity index (χ4n) is 3.60. The number of hydrogen-bond donors (Lipinski definition) is 0. The second-order valence-electron chi connectivity index (χ2n) is 6.45. The van der Waals surface area contributed by atoms with Gasteiger partial charge in [0.1, 0.15) is 11.2 Å². The molecule has 0 bridgehead atoms. The lowest BCUT2D eigenvalue weighted by Gasteiger charge is -2.07. The molecule has 1 atom stereocenters. The molecule has 5 aromatic rings. The zero-order valence-electron chi connectivity index (χ0n) is 14.1. The van der Waals surface area contributed by atoms with E-state index in [0.29, 0.717) is 0 Å². The molecule has 0 aliphatic carbocycles. The normalized spacial score (nSPS) is 11.3. The third-order valence-electron chi connectivity index (χ3n) is 4.84. The van der Waals surface area contributed by atoms with Crippen LogP contribution in [0, 0.1) is 0 Å². The number of para-hydroxylation sites is 1. The topological polar surface area (TPSA) is 13.1 Å². The zero-order valence-corrected chi connectivity index (χ0v) is 15.3. The van der Waals surface area contributed by atoms with Gasteiger partial charge in [-0.2, -0.15) is 0 Å². The third kappa shape index (κ3) is 2.44. The van der Waals surface area contributed by atoms with Gasteiger partial charge in [-0.25, -0.2) is 0 Å². The van der Waals surface area contributed by atoms with Crippen LogP contribution in [0.1, 0.15) is 0 Å². The van der Waals surface area contributed by atoms with Crippen LogP contribution in [0.4, 0.5) is 0 Å². The molecule has 0 radical (unpaired) electrons. The third-order valence-corrected chi connectivity index (χ3v) is 5.32. The Bertz CT molecular complexity index is 1240. The lowest BCUT2D eigenvalue weighted by molar-refractivity contribution is 0.670. The van der Waals surface area contributed by atoms with E-state index < -0.39 is 0 Å². The van der Waals surface area contributed by atoms with Crippen molar-refractivity contribution in [1.29, 1.82) is 0 Å². The van der Waals surface area contributed by atoms with Gasteiger partial charge in [-0.05, 0) is 34.1 Å². The number of hydrogen-bond acceptors (Lipinski definition) is 1. The van der Waals surface area contributed by atoms with Gasteiger partial charge in [0.25, 0.3) is 0 Å². The Labute approximate surface area is 154 Å². The van der Waals surface area contributed by atoms with Gasteiger partial charge < -0.3 is 4.42 Å². The van der Waals surface area contributed by atoms with Crippen molar-refractivity contribution in [1.82, 2.24) is 0 Å².